The van der Waals surface area contributed by atoms with Crippen LogP contribution in [0.3, 0.4) is 0 Å². The maximum Gasteiger partial charge on any atom is 0.303 e. The lowest BCUT2D eigenvalue weighted by Crippen LogP contribution is -2.40. The number of hydrogen-bond donors (Lipinski definition) is 1. The Morgan fingerprint density at radius 3 is 1.94 bits per heavy atom. The van der Waals surface area contributed by atoms with Gasteiger partial charge in [0.1, 0.15) is 0 Å². The van der Waals surface area contributed by atoms with E-state index >= 15 is 0 Å². The molecular formula is C13H25NO3. The van der Waals surface area contributed by atoms with Crippen LogP contribution in [-0.4, -0.2) is 34.5 Å². The molecule has 0 aliphatic heterocycles. The van der Waals surface area contributed by atoms with Crippen molar-refractivity contribution in [1.29, 1.82) is 0 Å². The highest BCUT2D eigenvalue weighted by Crippen LogP contribution is 2.13. The van der Waals surface area contributed by atoms with Gasteiger partial charge in [-0.05, 0) is 25.7 Å². The summed E-state index contributed by atoms with van der Waals surface area (Å²) in [4.78, 5) is 24.4. The lowest BCUT2D eigenvalue weighted by atomic mass is 10.0. The van der Waals surface area contributed by atoms with E-state index in [-0.39, 0.29) is 24.3 Å². The molecule has 0 aromatic carbocycles. The van der Waals surface area contributed by atoms with Crippen LogP contribution in [0.25, 0.3) is 0 Å². The second-order valence-corrected chi connectivity index (χ2v) is 5.44. The van der Waals surface area contributed by atoms with Crippen LogP contribution < -0.4 is 0 Å². The highest BCUT2D eigenvalue weighted by molar-refractivity contribution is 5.77. The largest absolute Gasteiger partial charge is 0.481 e. The summed E-state index contributed by atoms with van der Waals surface area (Å²) in [5.41, 5.74) is 0. The van der Waals surface area contributed by atoms with E-state index in [1.165, 1.54) is 0 Å². The molecule has 17 heavy (non-hydrogen) atoms. The van der Waals surface area contributed by atoms with Crippen LogP contribution in [0, 0.1) is 11.8 Å². The molecule has 1 amide bonds. The summed E-state index contributed by atoms with van der Waals surface area (Å²) in [7, 11) is 0. The molecule has 0 aliphatic carbocycles. The molecule has 0 rings (SSSR count). The van der Waals surface area contributed by atoms with Gasteiger partial charge in [-0.3, -0.25) is 9.59 Å². The van der Waals surface area contributed by atoms with Crippen molar-refractivity contribution in [3.63, 3.8) is 0 Å². The van der Waals surface area contributed by atoms with Gasteiger partial charge in [0.15, 0.2) is 0 Å². The summed E-state index contributed by atoms with van der Waals surface area (Å²) in [6.07, 6.45) is 0.372. The van der Waals surface area contributed by atoms with E-state index in [0.29, 0.717) is 12.3 Å². The van der Waals surface area contributed by atoms with Gasteiger partial charge in [0.25, 0.3) is 0 Å². The zero-order valence-corrected chi connectivity index (χ0v) is 11.6. The van der Waals surface area contributed by atoms with E-state index in [4.69, 9.17) is 5.11 Å². The molecule has 4 nitrogen and oxygen atoms in total. The molecule has 0 fully saturated rings. The molecular weight excluding hydrogens is 218 g/mol. The Hall–Kier alpha value is -1.06. The first-order valence-electron chi connectivity index (χ1n) is 6.25. The topological polar surface area (TPSA) is 57.6 Å². The molecule has 0 aromatic heterocycles. The second-order valence-electron chi connectivity index (χ2n) is 5.44. The predicted molar refractivity (Wildman–Crippen MR) is 67.7 cm³/mol. The first-order valence-corrected chi connectivity index (χ1v) is 6.25. The average Bonchev–Trinajstić information content (AvgIpc) is 2.11. The van der Waals surface area contributed by atoms with Crippen LogP contribution in [0.15, 0.2) is 0 Å². The zero-order valence-electron chi connectivity index (χ0n) is 11.6. The standard InChI is InChI=1S/C13H25NO3/c1-9(2)8-14(10(3)4)12(15)6-11(5)7-13(16)17/h9-11H,6-8H2,1-5H3,(H,16,17). The van der Waals surface area contributed by atoms with Gasteiger partial charge in [0.2, 0.25) is 5.91 Å². The molecule has 0 heterocycles. The van der Waals surface area contributed by atoms with E-state index in [1.807, 2.05) is 18.7 Å². The third kappa shape index (κ3) is 6.97. The number of carboxylic acids is 1. The number of carbonyl (C=O) groups is 2. The average molecular weight is 243 g/mol. The summed E-state index contributed by atoms with van der Waals surface area (Å²) in [6, 6.07) is 0.168. The Labute approximate surface area is 104 Å². The van der Waals surface area contributed by atoms with Crippen molar-refractivity contribution in [2.45, 2.75) is 53.5 Å². The zero-order chi connectivity index (χ0) is 13.6. The van der Waals surface area contributed by atoms with Gasteiger partial charge < -0.3 is 10.0 Å². The van der Waals surface area contributed by atoms with E-state index in [2.05, 4.69) is 13.8 Å². The molecule has 0 saturated carbocycles. The van der Waals surface area contributed by atoms with Gasteiger partial charge in [-0.15, -0.1) is 0 Å². The molecule has 4 heteroatoms. The SMILES string of the molecule is CC(C)CN(C(=O)CC(C)CC(=O)O)C(C)C. The normalized spacial score (nSPS) is 12.9. The summed E-state index contributed by atoms with van der Waals surface area (Å²) in [5.74, 6) is -0.461. The number of amides is 1. The molecule has 0 spiro atoms. The van der Waals surface area contributed by atoms with Gasteiger partial charge in [-0.1, -0.05) is 20.8 Å². The van der Waals surface area contributed by atoms with Crippen LogP contribution in [0.5, 0.6) is 0 Å². The molecule has 1 unspecified atom stereocenters. The Bertz CT molecular complexity index is 261. The number of carbonyl (C=O) groups excluding carboxylic acids is 1. The number of carboxylic acid groups (broad SMARTS) is 1. The Balaban J connectivity index is 4.37. The Kier molecular flexibility index (Phi) is 6.85. The van der Waals surface area contributed by atoms with Crippen molar-refractivity contribution >= 4 is 11.9 Å². The van der Waals surface area contributed by atoms with Crippen molar-refractivity contribution < 1.29 is 14.7 Å². The van der Waals surface area contributed by atoms with Gasteiger partial charge in [0, 0.05) is 25.4 Å². The van der Waals surface area contributed by atoms with Crippen molar-refractivity contribution in [3.05, 3.63) is 0 Å². The van der Waals surface area contributed by atoms with E-state index < -0.39 is 5.97 Å². The fourth-order valence-corrected chi connectivity index (χ4v) is 1.78. The number of aliphatic carboxylic acids is 1. The summed E-state index contributed by atoms with van der Waals surface area (Å²) >= 11 is 0. The Morgan fingerprint density at radius 1 is 1.06 bits per heavy atom. The minimum absolute atomic E-state index is 0.0549. The van der Waals surface area contributed by atoms with Gasteiger partial charge >= 0.3 is 5.97 Å². The van der Waals surface area contributed by atoms with Gasteiger partial charge in [-0.25, -0.2) is 0 Å². The molecule has 0 saturated heterocycles. The van der Waals surface area contributed by atoms with Gasteiger partial charge in [-0.2, -0.15) is 0 Å². The third-order valence-corrected chi connectivity index (χ3v) is 2.55. The molecule has 1 N–H and O–H groups in total. The maximum atomic E-state index is 12.0. The summed E-state index contributed by atoms with van der Waals surface area (Å²) < 4.78 is 0. The molecule has 0 aromatic rings. The Morgan fingerprint density at radius 2 is 1.59 bits per heavy atom. The second kappa shape index (κ2) is 7.30. The quantitative estimate of drug-likeness (QED) is 0.747. The van der Waals surface area contributed by atoms with Crippen LogP contribution >= 0.6 is 0 Å². The molecule has 0 radical (unpaired) electrons. The lowest BCUT2D eigenvalue weighted by molar-refractivity contribution is -0.139. The third-order valence-electron chi connectivity index (χ3n) is 2.55. The minimum Gasteiger partial charge on any atom is -0.481 e. The van der Waals surface area contributed by atoms with Gasteiger partial charge in [0.05, 0.1) is 0 Å². The van der Waals surface area contributed by atoms with Crippen molar-refractivity contribution in [1.82, 2.24) is 4.90 Å². The van der Waals surface area contributed by atoms with Crippen molar-refractivity contribution in [2.24, 2.45) is 11.8 Å². The minimum atomic E-state index is -0.842. The van der Waals surface area contributed by atoms with Crippen LogP contribution in [-0.2, 0) is 9.59 Å². The smallest absolute Gasteiger partial charge is 0.303 e. The fourth-order valence-electron chi connectivity index (χ4n) is 1.78. The van der Waals surface area contributed by atoms with E-state index in [9.17, 15) is 9.59 Å². The van der Waals surface area contributed by atoms with Crippen LogP contribution in [0.4, 0.5) is 0 Å². The first kappa shape index (κ1) is 15.9. The number of hydrogen-bond acceptors (Lipinski definition) is 2. The van der Waals surface area contributed by atoms with Crippen LogP contribution in [0.2, 0.25) is 0 Å². The van der Waals surface area contributed by atoms with E-state index in [0.717, 1.165) is 6.54 Å². The summed E-state index contributed by atoms with van der Waals surface area (Å²) in [5, 5.41) is 8.67. The number of nitrogens with zero attached hydrogens (tertiary/aromatic N) is 1. The highest BCUT2D eigenvalue weighted by Gasteiger charge is 2.21. The molecule has 0 bridgehead atoms. The van der Waals surface area contributed by atoms with E-state index in [1.54, 1.807) is 6.92 Å². The monoisotopic (exact) mass is 243 g/mol. The van der Waals surface area contributed by atoms with Crippen molar-refractivity contribution in [3.8, 4) is 0 Å². The predicted octanol–water partition coefficient (Wildman–Crippen LogP) is 2.38. The van der Waals surface area contributed by atoms with Crippen LogP contribution in [0.1, 0.15) is 47.5 Å². The lowest BCUT2D eigenvalue weighted by Gasteiger charge is -2.29. The first-order chi connectivity index (χ1) is 7.73. The number of rotatable bonds is 7. The fraction of sp³-hybridized carbons (Fsp3) is 0.846. The highest BCUT2D eigenvalue weighted by atomic mass is 16.4. The molecule has 1 atom stereocenters. The maximum absolute atomic E-state index is 12.0. The molecule has 0 aliphatic rings. The summed E-state index contributed by atoms with van der Waals surface area (Å²) in [6.45, 7) is 10.7. The van der Waals surface area contributed by atoms with Crippen molar-refractivity contribution in [2.75, 3.05) is 6.54 Å². The molecule has 100 valence electrons.